The topological polar surface area (TPSA) is 24.5 Å². The largest absolute Gasteiger partial charge is 0.493 e. The molecule has 104 valence electrons. The van der Waals surface area contributed by atoms with E-state index in [2.05, 4.69) is 35.5 Å². The molecule has 1 aromatic carbocycles. The van der Waals surface area contributed by atoms with Crippen LogP contribution in [0.25, 0.3) is 0 Å². The van der Waals surface area contributed by atoms with Crippen molar-refractivity contribution in [3.8, 4) is 5.75 Å². The van der Waals surface area contributed by atoms with Gasteiger partial charge in [-0.25, -0.2) is 0 Å². The molecule has 0 aliphatic carbocycles. The van der Waals surface area contributed by atoms with Crippen LogP contribution in [0, 0.1) is 5.92 Å². The molecule has 0 atom stereocenters. The molecule has 3 nitrogen and oxygen atoms in total. The monoisotopic (exact) mass is 260 g/mol. The molecule has 0 unspecified atom stereocenters. The van der Waals surface area contributed by atoms with Crippen molar-refractivity contribution in [2.45, 2.75) is 25.8 Å². The molecule has 2 aliphatic heterocycles. The van der Waals surface area contributed by atoms with E-state index in [1.165, 1.54) is 37.1 Å². The maximum atomic E-state index is 6.00. The molecular weight excluding hydrogens is 236 g/mol. The highest BCUT2D eigenvalue weighted by Gasteiger charge is 2.17. The lowest BCUT2D eigenvalue weighted by molar-refractivity contribution is 0.160. The van der Waals surface area contributed by atoms with Crippen molar-refractivity contribution in [3.63, 3.8) is 0 Å². The van der Waals surface area contributed by atoms with Crippen LogP contribution in [0.1, 0.15) is 24.0 Å². The van der Waals surface area contributed by atoms with E-state index >= 15 is 0 Å². The molecule has 0 amide bonds. The Hall–Kier alpha value is -1.06. The number of hydrogen-bond donors (Lipinski definition) is 1. The van der Waals surface area contributed by atoms with Gasteiger partial charge in [0.1, 0.15) is 5.75 Å². The molecule has 0 spiro atoms. The molecule has 1 aromatic rings. The Morgan fingerprint density at radius 1 is 1.26 bits per heavy atom. The van der Waals surface area contributed by atoms with Crippen LogP contribution in [0.4, 0.5) is 0 Å². The highest BCUT2D eigenvalue weighted by Crippen LogP contribution is 2.22. The summed E-state index contributed by atoms with van der Waals surface area (Å²) >= 11 is 0. The summed E-state index contributed by atoms with van der Waals surface area (Å²) in [6, 6.07) is 6.59. The van der Waals surface area contributed by atoms with Crippen molar-refractivity contribution in [2.24, 2.45) is 5.92 Å². The molecule has 2 aliphatic rings. The van der Waals surface area contributed by atoms with E-state index in [-0.39, 0.29) is 0 Å². The van der Waals surface area contributed by atoms with Crippen molar-refractivity contribution >= 4 is 0 Å². The van der Waals surface area contributed by atoms with Gasteiger partial charge < -0.3 is 15.0 Å². The molecule has 19 heavy (non-hydrogen) atoms. The van der Waals surface area contributed by atoms with Gasteiger partial charge in [-0.3, -0.25) is 0 Å². The van der Waals surface area contributed by atoms with Crippen LogP contribution in [0.5, 0.6) is 5.75 Å². The molecule has 3 heteroatoms. The van der Waals surface area contributed by atoms with Gasteiger partial charge in [0.2, 0.25) is 0 Å². The number of benzene rings is 1. The van der Waals surface area contributed by atoms with E-state index in [0.717, 1.165) is 37.8 Å². The van der Waals surface area contributed by atoms with Crippen LogP contribution in [0.2, 0.25) is 0 Å². The second-order valence-corrected chi connectivity index (χ2v) is 5.91. The number of hydrogen-bond acceptors (Lipinski definition) is 3. The first-order valence-electron chi connectivity index (χ1n) is 7.45. The van der Waals surface area contributed by atoms with Crippen LogP contribution in [-0.2, 0) is 13.0 Å². The maximum Gasteiger partial charge on any atom is 0.119 e. The first-order valence-corrected chi connectivity index (χ1v) is 7.45. The number of fused-ring (bicyclic) bond motifs is 1. The Balaban J connectivity index is 1.55. The number of rotatable bonds is 3. The van der Waals surface area contributed by atoms with E-state index in [0.29, 0.717) is 0 Å². The predicted molar refractivity (Wildman–Crippen MR) is 77.6 cm³/mol. The Morgan fingerprint density at radius 3 is 2.95 bits per heavy atom. The van der Waals surface area contributed by atoms with Gasteiger partial charge in [-0.05, 0) is 75.1 Å². The Labute approximate surface area is 115 Å². The van der Waals surface area contributed by atoms with E-state index in [1.807, 2.05) is 0 Å². The van der Waals surface area contributed by atoms with E-state index in [4.69, 9.17) is 4.74 Å². The third kappa shape index (κ3) is 3.28. The summed E-state index contributed by atoms with van der Waals surface area (Å²) in [4.78, 5) is 2.40. The summed E-state index contributed by atoms with van der Waals surface area (Å²) in [6.45, 7) is 5.38. The van der Waals surface area contributed by atoms with Gasteiger partial charge in [0.05, 0.1) is 6.61 Å². The van der Waals surface area contributed by atoms with E-state index in [1.54, 1.807) is 0 Å². The third-order valence-electron chi connectivity index (χ3n) is 4.39. The lowest BCUT2D eigenvalue weighted by Crippen LogP contribution is -2.32. The van der Waals surface area contributed by atoms with Crippen LogP contribution in [0.3, 0.4) is 0 Å². The van der Waals surface area contributed by atoms with Gasteiger partial charge in [-0.2, -0.15) is 0 Å². The lowest BCUT2D eigenvalue weighted by Gasteiger charge is -2.28. The van der Waals surface area contributed by atoms with Crippen molar-refractivity contribution < 1.29 is 4.74 Å². The molecule has 3 rings (SSSR count). The molecule has 1 fully saturated rings. The molecule has 0 bridgehead atoms. The zero-order valence-electron chi connectivity index (χ0n) is 11.8. The van der Waals surface area contributed by atoms with Crippen molar-refractivity contribution in [3.05, 3.63) is 29.3 Å². The average molecular weight is 260 g/mol. The minimum absolute atomic E-state index is 0.727. The molecule has 0 aromatic heterocycles. The number of piperidine rings is 1. The van der Waals surface area contributed by atoms with E-state index in [9.17, 15) is 0 Å². The van der Waals surface area contributed by atoms with Crippen molar-refractivity contribution in [1.29, 1.82) is 0 Å². The number of nitrogens with one attached hydrogen (secondary N) is 1. The standard InChI is InChI=1S/C16H24N2O/c1-18-8-5-13(6-9-18)12-19-16-3-2-14-4-7-17-11-15(14)10-16/h2-3,10,13,17H,4-9,11-12H2,1H3. The molecule has 0 saturated carbocycles. The third-order valence-corrected chi connectivity index (χ3v) is 4.39. The first kappa shape index (κ1) is 12.9. The van der Waals surface area contributed by atoms with Crippen LogP contribution in [0.15, 0.2) is 18.2 Å². The Kier molecular flexibility index (Phi) is 4.04. The fraction of sp³-hybridized carbons (Fsp3) is 0.625. The summed E-state index contributed by atoms with van der Waals surface area (Å²) in [7, 11) is 2.20. The van der Waals surface area contributed by atoms with Gasteiger partial charge in [0.25, 0.3) is 0 Å². The highest BCUT2D eigenvalue weighted by atomic mass is 16.5. The maximum absolute atomic E-state index is 6.00. The molecule has 0 radical (unpaired) electrons. The normalized spacial score (nSPS) is 21.1. The number of ether oxygens (including phenoxy) is 1. The van der Waals surface area contributed by atoms with Gasteiger partial charge in [0, 0.05) is 6.54 Å². The number of nitrogens with zero attached hydrogens (tertiary/aromatic N) is 1. The molecule has 2 heterocycles. The van der Waals surface area contributed by atoms with Crippen molar-refractivity contribution in [1.82, 2.24) is 10.2 Å². The average Bonchev–Trinajstić information content (AvgIpc) is 2.46. The van der Waals surface area contributed by atoms with Gasteiger partial charge in [-0.1, -0.05) is 6.07 Å². The van der Waals surface area contributed by atoms with Gasteiger partial charge in [0.15, 0.2) is 0 Å². The van der Waals surface area contributed by atoms with Gasteiger partial charge in [-0.15, -0.1) is 0 Å². The van der Waals surface area contributed by atoms with Crippen molar-refractivity contribution in [2.75, 3.05) is 33.3 Å². The van der Waals surface area contributed by atoms with Gasteiger partial charge >= 0.3 is 0 Å². The summed E-state index contributed by atoms with van der Waals surface area (Å²) in [6.07, 6.45) is 3.68. The summed E-state index contributed by atoms with van der Waals surface area (Å²) in [5.74, 6) is 1.77. The SMILES string of the molecule is CN1CCC(COc2ccc3c(c2)CNCC3)CC1. The molecular formula is C16H24N2O. The first-order chi connectivity index (χ1) is 9.31. The summed E-state index contributed by atoms with van der Waals surface area (Å²) < 4.78 is 6.00. The summed E-state index contributed by atoms with van der Waals surface area (Å²) in [5, 5.41) is 3.42. The second kappa shape index (κ2) is 5.93. The van der Waals surface area contributed by atoms with Crippen LogP contribution >= 0.6 is 0 Å². The Morgan fingerprint density at radius 2 is 2.11 bits per heavy atom. The van der Waals surface area contributed by atoms with E-state index < -0.39 is 0 Å². The van der Waals surface area contributed by atoms with Crippen LogP contribution in [-0.4, -0.2) is 38.2 Å². The fourth-order valence-electron chi connectivity index (χ4n) is 2.99. The minimum Gasteiger partial charge on any atom is -0.493 e. The smallest absolute Gasteiger partial charge is 0.119 e. The van der Waals surface area contributed by atoms with Crippen LogP contribution < -0.4 is 10.1 Å². The zero-order valence-corrected chi connectivity index (χ0v) is 11.8. The Bertz CT molecular complexity index is 425. The fourth-order valence-corrected chi connectivity index (χ4v) is 2.99. The zero-order chi connectivity index (χ0) is 13.1. The number of likely N-dealkylation sites (tertiary alicyclic amines) is 1. The lowest BCUT2D eigenvalue weighted by atomic mass is 9.98. The predicted octanol–water partition coefficient (Wildman–Crippen LogP) is 2.05. The molecule has 1 saturated heterocycles. The highest BCUT2D eigenvalue weighted by molar-refractivity contribution is 5.37. The minimum atomic E-state index is 0.727. The molecule has 1 N–H and O–H groups in total. The quantitative estimate of drug-likeness (QED) is 0.900. The second-order valence-electron chi connectivity index (χ2n) is 5.91. The summed E-state index contributed by atoms with van der Waals surface area (Å²) in [5.41, 5.74) is 2.89.